The van der Waals surface area contributed by atoms with Gasteiger partial charge in [-0.05, 0) is 25.2 Å². The minimum atomic E-state index is -0.427. The first-order valence-electron chi connectivity index (χ1n) is 4.65. The molecule has 2 rings (SSSR count). The third kappa shape index (κ3) is 2.18. The Bertz CT molecular complexity index is 326. The highest BCUT2D eigenvalue weighted by Gasteiger charge is 2.41. The number of hydrogen-bond acceptors (Lipinski definition) is 3. The fourth-order valence-corrected chi connectivity index (χ4v) is 2.09. The highest BCUT2D eigenvalue weighted by atomic mass is 32.2. The summed E-state index contributed by atoms with van der Waals surface area (Å²) in [4.78, 5) is 3.51. The van der Waals surface area contributed by atoms with Crippen molar-refractivity contribution in [3.05, 3.63) is 24.3 Å². The topological polar surface area (TPSA) is 24.9 Å². The zero-order valence-electron chi connectivity index (χ0n) is 8.09. The van der Waals surface area contributed by atoms with Crippen molar-refractivity contribution in [1.82, 2.24) is 4.98 Å². The molecule has 0 unspecified atom stereocenters. The number of thioether (sulfide) groups is 1. The largest absolute Gasteiger partial charge is 0.383 e. The number of pyridine rings is 1. The van der Waals surface area contributed by atoms with Gasteiger partial charge in [-0.2, -0.15) is 16.2 Å². The van der Waals surface area contributed by atoms with E-state index in [1.54, 1.807) is 6.07 Å². The van der Waals surface area contributed by atoms with Gasteiger partial charge in [0.25, 0.3) is 0 Å². The quantitative estimate of drug-likeness (QED) is 0.776. The van der Waals surface area contributed by atoms with Gasteiger partial charge in [-0.3, -0.25) is 0 Å². The summed E-state index contributed by atoms with van der Waals surface area (Å²) in [5.74, 6) is -0.427. The number of anilines is 1. The fourth-order valence-electron chi connectivity index (χ4n) is 1.37. The third-order valence-electron chi connectivity index (χ3n) is 2.58. The summed E-state index contributed by atoms with van der Waals surface area (Å²) in [6, 6.07) is 3.22. The van der Waals surface area contributed by atoms with Crippen LogP contribution in [-0.4, -0.2) is 22.5 Å². The number of rotatable bonds is 4. The Kier molecular flexibility index (Phi) is 2.63. The monoisotopic (exact) mass is 212 g/mol. The van der Waals surface area contributed by atoms with Gasteiger partial charge in [0.1, 0.15) is 0 Å². The highest BCUT2D eigenvalue weighted by molar-refractivity contribution is 8.00. The number of aromatic nitrogens is 1. The van der Waals surface area contributed by atoms with Crippen LogP contribution in [0.15, 0.2) is 18.3 Å². The lowest BCUT2D eigenvalue weighted by molar-refractivity contribution is 0.584. The molecule has 0 amide bonds. The van der Waals surface area contributed by atoms with E-state index in [1.165, 1.54) is 25.1 Å². The molecule has 1 N–H and O–H groups in total. The van der Waals surface area contributed by atoms with Crippen molar-refractivity contribution < 1.29 is 4.39 Å². The molecule has 0 aromatic carbocycles. The first kappa shape index (κ1) is 9.77. The average molecular weight is 212 g/mol. The minimum absolute atomic E-state index is 0.403. The first-order valence-corrected chi connectivity index (χ1v) is 5.87. The Morgan fingerprint density at radius 3 is 3.00 bits per heavy atom. The van der Waals surface area contributed by atoms with Crippen LogP contribution in [-0.2, 0) is 0 Å². The molecule has 1 aliphatic carbocycles. The van der Waals surface area contributed by atoms with Crippen LogP contribution in [0.25, 0.3) is 0 Å². The maximum Gasteiger partial charge on any atom is 0.214 e. The highest BCUT2D eigenvalue weighted by Crippen LogP contribution is 2.46. The summed E-state index contributed by atoms with van der Waals surface area (Å²) in [6.45, 7) is 0.914. The zero-order valence-corrected chi connectivity index (χ0v) is 8.90. The molecule has 76 valence electrons. The molecule has 2 nitrogen and oxygen atoms in total. The van der Waals surface area contributed by atoms with Crippen LogP contribution in [0.5, 0.6) is 0 Å². The van der Waals surface area contributed by atoms with E-state index in [-0.39, 0.29) is 0 Å². The molecule has 0 saturated heterocycles. The molecule has 0 spiro atoms. The van der Waals surface area contributed by atoms with Crippen molar-refractivity contribution in [2.24, 2.45) is 0 Å². The maximum absolute atomic E-state index is 12.7. The van der Waals surface area contributed by atoms with Gasteiger partial charge in [0.15, 0.2) is 0 Å². The van der Waals surface area contributed by atoms with E-state index in [9.17, 15) is 4.39 Å². The maximum atomic E-state index is 12.7. The second kappa shape index (κ2) is 3.77. The molecule has 14 heavy (non-hydrogen) atoms. The second-order valence-corrected chi connectivity index (χ2v) is 4.88. The van der Waals surface area contributed by atoms with Crippen molar-refractivity contribution in [2.45, 2.75) is 17.6 Å². The average Bonchev–Trinajstić information content (AvgIpc) is 2.96. The molecule has 1 saturated carbocycles. The fraction of sp³-hybridized carbons (Fsp3) is 0.500. The van der Waals surface area contributed by atoms with E-state index in [0.717, 1.165) is 12.2 Å². The molecule has 1 fully saturated rings. The van der Waals surface area contributed by atoms with Gasteiger partial charge < -0.3 is 5.32 Å². The van der Waals surface area contributed by atoms with Crippen molar-refractivity contribution in [3.63, 3.8) is 0 Å². The molecule has 1 aromatic rings. The van der Waals surface area contributed by atoms with Crippen LogP contribution in [0.2, 0.25) is 0 Å². The Morgan fingerprint density at radius 2 is 2.43 bits per heavy atom. The van der Waals surface area contributed by atoms with Gasteiger partial charge in [-0.1, -0.05) is 0 Å². The van der Waals surface area contributed by atoms with Gasteiger partial charge in [-0.25, -0.2) is 4.98 Å². The predicted molar refractivity (Wildman–Crippen MR) is 58.2 cm³/mol. The number of hydrogen-bond donors (Lipinski definition) is 1. The SMILES string of the molecule is CSC1(CNc2ccnc(F)c2)CC1. The van der Waals surface area contributed by atoms with Crippen LogP contribution in [0, 0.1) is 5.95 Å². The summed E-state index contributed by atoms with van der Waals surface area (Å²) in [6.07, 6.45) is 6.13. The normalized spacial score (nSPS) is 17.9. The molecular formula is C10H13FN2S. The molecular weight excluding hydrogens is 199 g/mol. The lowest BCUT2D eigenvalue weighted by atomic mass is 10.3. The predicted octanol–water partition coefficient (Wildman–Crippen LogP) is 2.53. The van der Waals surface area contributed by atoms with Crippen molar-refractivity contribution >= 4 is 17.4 Å². The first-order chi connectivity index (χ1) is 6.74. The molecule has 1 aromatic heterocycles. The van der Waals surface area contributed by atoms with E-state index >= 15 is 0 Å². The van der Waals surface area contributed by atoms with Crippen LogP contribution >= 0.6 is 11.8 Å². The van der Waals surface area contributed by atoms with Gasteiger partial charge in [0.2, 0.25) is 5.95 Å². The van der Waals surface area contributed by atoms with E-state index in [0.29, 0.717) is 4.75 Å². The summed E-state index contributed by atoms with van der Waals surface area (Å²) >= 11 is 1.89. The van der Waals surface area contributed by atoms with Gasteiger partial charge in [0.05, 0.1) is 0 Å². The molecule has 0 aliphatic heterocycles. The molecule has 1 heterocycles. The van der Waals surface area contributed by atoms with Crippen molar-refractivity contribution in [2.75, 3.05) is 18.1 Å². The van der Waals surface area contributed by atoms with E-state index in [4.69, 9.17) is 0 Å². The lowest BCUT2D eigenvalue weighted by Crippen LogP contribution is -2.17. The van der Waals surface area contributed by atoms with Gasteiger partial charge in [0, 0.05) is 29.2 Å². The number of halogens is 1. The van der Waals surface area contributed by atoms with Crippen molar-refractivity contribution in [3.8, 4) is 0 Å². The van der Waals surface area contributed by atoms with Gasteiger partial charge >= 0.3 is 0 Å². The molecule has 4 heteroatoms. The number of nitrogens with zero attached hydrogens (tertiary/aromatic N) is 1. The summed E-state index contributed by atoms with van der Waals surface area (Å²) in [5.41, 5.74) is 0.817. The van der Waals surface area contributed by atoms with Crippen LogP contribution < -0.4 is 5.32 Å². The molecule has 0 radical (unpaired) electrons. The van der Waals surface area contributed by atoms with E-state index in [1.807, 2.05) is 11.8 Å². The smallest absolute Gasteiger partial charge is 0.214 e. The van der Waals surface area contributed by atoms with E-state index < -0.39 is 5.95 Å². The standard InChI is InChI=1S/C10H13FN2S/c1-14-10(3-4-10)7-13-8-2-5-12-9(11)6-8/h2,5-6H,3-4,7H2,1H3,(H,12,13). The Labute approximate surface area is 87.3 Å². The molecule has 1 aliphatic rings. The van der Waals surface area contributed by atoms with Crippen LogP contribution in [0.1, 0.15) is 12.8 Å². The van der Waals surface area contributed by atoms with Crippen molar-refractivity contribution in [1.29, 1.82) is 0 Å². The number of nitrogens with one attached hydrogen (secondary N) is 1. The third-order valence-corrected chi connectivity index (χ3v) is 4.00. The zero-order chi connectivity index (χ0) is 10.0. The summed E-state index contributed by atoms with van der Waals surface area (Å²) < 4.78 is 13.1. The van der Waals surface area contributed by atoms with Crippen LogP contribution in [0.4, 0.5) is 10.1 Å². The summed E-state index contributed by atoms with van der Waals surface area (Å²) in [5, 5.41) is 3.24. The second-order valence-electron chi connectivity index (χ2n) is 3.61. The molecule has 0 bridgehead atoms. The van der Waals surface area contributed by atoms with Gasteiger partial charge in [-0.15, -0.1) is 0 Å². The Balaban J connectivity index is 1.92. The minimum Gasteiger partial charge on any atom is -0.383 e. The van der Waals surface area contributed by atoms with Crippen LogP contribution in [0.3, 0.4) is 0 Å². The Morgan fingerprint density at radius 1 is 1.64 bits per heavy atom. The molecule has 0 atom stereocenters. The lowest BCUT2D eigenvalue weighted by Gasteiger charge is -2.13. The summed E-state index contributed by atoms with van der Waals surface area (Å²) in [7, 11) is 0. The van der Waals surface area contributed by atoms with E-state index in [2.05, 4.69) is 16.6 Å². The Hall–Kier alpha value is -0.770.